The molecule has 24 heavy (non-hydrogen) atoms. The molecule has 0 amide bonds. The maximum absolute atomic E-state index is 5.86. The van der Waals surface area contributed by atoms with Gasteiger partial charge in [0.15, 0.2) is 5.96 Å². The van der Waals surface area contributed by atoms with E-state index in [0.29, 0.717) is 13.1 Å². The number of hydrogen-bond donors (Lipinski definition) is 1. The summed E-state index contributed by atoms with van der Waals surface area (Å²) in [5.41, 5.74) is 0.914. The summed E-state index contributed by atoms with van der Waals surface area (Å²) < 4.78 is 5.86. The molecule has 0 bridgehead atoms. The second kappa shape index (κ2) is 8.48. The van der Waals surface area contributed by atoms with E-state index >= 15 is 0 Å². The fraction of sp³-hybridized carbons (Fsp3) is 0.294. The van der Waals surface area contributed by atoms with Crippen LogP contribution < -0.4 is 5.32 Å². The lowest BCUT2D eigenvalue weighted by molar-refractivity contribution is 0.412. The summed E-state index contributed by atoms with van der Waals surface area (Å²) in [6.45, 7) is 3.39. The number of furan rings is 1. The quantitative estimate of drug-likeness (QED) is 0.366. The number of thiazole rings is 1. The minimum absolute atomic E-state index is 0. The topological polar surface area (TPSA) is 53.7 Å². The molecule has 0 fully saturated rings. The Bertz CT molecular complexity index is 794. The Morgan fingerprint density at radius 2 is 2.17 bits per heavy atom. The van der Waals surface area contributed by atoms with E-state index in [-0.39, 0.29) is 24.0 Å². The predicted octanol–water partition coefficient (Wildman–Crippen LogP) is 4.02. The Morgan fingerprint density at radius 3 is 2.83 bits per heavy atom. The van der Waals surface area contributed by atoms with Crippen LogP contribution in [0.15, 0.2) is 45.9 Å². The van der Waals surface area contributed by atoms with Crippen molar-refractivity contribution in [3.63, 3.8) is 0 Å². The van der Waals surface area contributed by atoms with Crippen molar-refractivity contribution >= 4 is 52.2 Å². The molecule has 2 heterocycles. The van der Waals surface area contributed by atoms with Crippen LogP contribution in [0.1, 0.15) is 15.6 Å². The average Bonchev–Trinajstić information content (AvgIpc) is 3.13. The van der Waals surface area contributed by atoms with Gasteiger partial charge < -0.3 is 14.6 Å². The maximum Gasteiger partial charge on any atom is 0.194 e. The van der Waals surface area contributed by atoms with Gasteiger partial charge in [-0.15, -0.1) is 35.3 Å². The third kappa shape index (κ3) is 4.47. The molecule has 7 heteroatoms. The molecule has 0 radical (unpaired) electrons. The summed E-state index contributed by atoms with van der Waals surface area (Å²) in [6, 6.07) is 10.1. The van der Waals surface area contributed by atoms with Crippen LogP contribution in [-0.4, -0.2) is 29.9 Å². The fourth-order valence-electron chi connectivity index (χ4n) is 2.45. The third-order valence-corrected chi connectivity index (χ3v) is 4.42. The van der Waals surface area contributed by atoms with E-state index < -0.39 is 0 Å². The first-order chi connectivity index (χ1) is 11.2. The molecule has 0 unspecified atom stereocenters. The van der Waals surface area contributed by atoms with Crippen LogP contribution in [0, 0.1) is 6.92 Å². The van der Waals surface area contributed by atoms with Crippen molar-refractivity contribution in [2.24, 2.45) is 4.99 Å². The Kier molecular flexibility index (Phi) is 6.61. The first-order valence-electron chi connectivity index (χ1n) is 7.46. The molecule has 0 saturated carbocycles. The molecule has 3 aromatic rings. The van der Waals surface area contributed by atoms with E-state index in [1.54, 1.807) is 18.4 Å². The van der Waals surface area contributed by atoms with Crippen LogP contribution in [-0.2, 0) is 13.1 Å². The van der Waals surface area contributed by atoms with Gasteiger partial charge >= 0.3 is 0 Å². The molecule has 1 N–H and O–H groups in total. The highest BCUT2D eigenvalue weighted by Crippen LogP contribution is 2.19. The highest BCUT2D eigenvalue weighted by Gasteiger charge is 2.11. The smallest absolute Gasteiger partial charge is 0.194 e. The van der Waals surface area contributed by atoms with Crippen LogP contribution in [0.5, 0.6) is 0 Å². The van der Waals surface area contributed by atoms with E-state index in [1.165, 1.54) is 4.88 Å². The number of aryl methyl sites for hydroxylation is 1. The number of benzene rings is 1. The standard InChI is InChI=1S/C17H20N4OS.HI/c1-12-9-19-16(23-12)10-20-17(18-2)21(3)11-14-8-13-6-4-5-7-15(13)22-14;/h4-9H,10-11H2,1-3H3,(H,18,20);1H. The van der Waals surface area contributed by atoms with Gasteiger partial charge in [0.1, 0.15) is 16.4 Å². The first kappa shape index (κ1) is 18.7. The van der Waals surface area contributed by atoms with Gasteiger partial charge in [0.25, 0.3) is 0 Å². The number of para-hydroxylation sites is 1. The summed E-state index contributed by atoms with van der Waals surface area (Å²) in [7, 11) is 3.78. The number of nitrogens with one attached hydrogen (secondary N) is 1. The molecule has 5 nitrogen and oxygen atoms in total. The molecular weight excluding hydrogens is 435 g/mol. The molecule has 0 aliphatic heterocycles. The van der Waals surface area contributed by atoms with Gasteiger partial charge in [-0.25, -0.2) is 4.98 Å². The van der Waals surface area contributed by atoms with Gasteiger partial charge in [-0.05, 0) is 19.1 Å². The highest BCUT2D eigenvalue weighted by molar-refractivity contribution is 14.0. The lowest BCUT2D eigenvalue weighted by Gasteiger charge is -2.20. The first-order valence-corrected chi connectivity index (χ1v) is 8.28. The molecule has 1 aromatic carbocycles. The molecule has 0 spiro atoms. The van der Waals surface area contributed by atoms with Gasteiger partial charge in [-0.1, -0.05) is 18.2 Å². The fourth-order valence-corrected chi connectivity index (χ4v) is 3.17. The van der Waals surface area contributed by atoms with Crippen molar-refractivity contribution in [1.29, 1.82) is 0 Å². The lowest BCUT2D eigenvalue weighted by atomic mass is 10.2. The van der Waals surface area contributed by atoms with Gasteiger partial charge in [-0.3, -0.25) is 4.99 Å². The molecule has 2 aromatic heterocycles. The maximum atomic E-state index is 5.86. The Balaban J connectivity index is 0.00000208. The number of aliphatic imine (C=N–C) groups is 1. The molecule has 0 atom stereocenters. The van der Waals surface area contributed by atoms with Crippen molar-refractivity contribution in [1.82, 2.24) is 15.2 Å². The van der Waals surface area contributed by atoms with Gasteiger partial charge in [0.05, 0.1) is 13.1 Å². The summed E-state index contributed by atoms with van der Waals surface area (Å²) in [5, 5.41) is 5.51. The number of fused-ring (bicyclic) bond motifs is 1. The minimum atomic E-state index is 0. The lowest BCUT2D eigenvalue weighted by Crippen LogP contribution is -2.37. The largest absolute Gasteiger partial charge is 0.459 e. The molecule has 0 aliphatic carbocycles. The van der Waals surface area contributed by atoms with E-state index in [0.717, 1.165) is 27.7 Å². The van der Waals surface area contributed by atoms with E-state index in [9.17, 15) is 0 Å². The molecule has 3 rings (SSSR count). The normalized spacial score (nSPS) is 11.4. The zero-order chi connectivity index (χ0) is 16.2. The zero-order valence-corrected chi connectivity index (χ0v) is 17.1. The summed E-state index contributed by atoms with van der Waals surface area (Å²) >= 11 is 1.69. The minimum Gasteiger partial charge on any atom is -0.459 e. The van der Waals surface area contributed by atoms with Crippen LogP contribution in [0.3, 0.4) is 0 Å². The number of rotatable bonds is 4. The van der Waals surface area contributed by atoms with Crippen LogP contribution in [0.4, 0.5) is 0 Å². The van der Waals surface area contributed by atoms with Gasteiger partial charge in [0.2, 0.25) is 0 Å². The van der Waals surface area contributed by atoms with Crippen molar-refractivity contribution in [2.75, 3.05) is 14.1 Å². The second-order valence-electron chi connectivity index (χ2n) is 5.37. The van der Waals surface area contributed by atoms with Gasteiger partial charge in [-0.2, -0.15) is 0 Å². The summed E-state index contributed by atoms with van der Waals surface area (Å²) in [6.07, 6.45) is 1.89. The van der Waals surface area contributed by atoms with Gasteiger partial charge in [0, 0.05) is 30.6 Å². The van der Waals surface area contributed by atoms with E-state index in [4.69, 9.17) is 4.42 Å². The molecule has 0 saturated heterocycles. The predicted molar refractivity (Wildman–Crippen MR) is 110 cm³/mol. The average molecular weight is 456 g/mol. The SMILES string of the molecule is CN=C(NCc1ncc(C)s1)N(C)Cc1cc2ccccc2o1.I. The van der Waals surface area contributed by atoms with Crippen LogP contribution in [0.2, 0.25) is 0 Å². The van der Waals surface area contributed by atoms with Crippen molar-refractivity contribution < 1.29 is 4.42 Å². The summed E-state index contributed by atoms with van der Waals surface area (Å²) in [4.78, 5) is 11.9. The number of hydrogen-bond acceptors (Lipinski definition) is 4. The number of aromatic nitrogens is 1. The monoisotopic (exact) mass is 456 g/mol. The number of guanidine groups is 1. The number of nitrogens with zero attached hydrogens (tertiary/aromatic N) is 3. The Morgan fingerprint density at radius 1 is 1.38 bits per heavy atom. The molecule has 128 valence electrons. The van der Waals surface area contributed by atoms with Crippen molar-refractivity contribution in [3.05, 3.63) is 52.2 Å². The molecular formula is C17H21IN4OS. The van der Waals surface area contributed by atoms with Crippen molar-refractivity contribution in [3.8, 4) is 0 Å². The number of halogens is 1. The van der Waals surface area contributed by atoms with Crippen LogP contribution in [0.25, 0.3) is 11.0 Å². The molecule has 0 aliphatic rings. The van der Waals surface area contributed by atoms with Crippen LogP contribution >= 0.6 is 35.3 Å². The van der Waals surface area contributed by atoms with E-state index in [2.05, 4.69) is 34.3 Å². The third-order valence-electron chi connectivity index (χ3n) is 3.51. The zero-order valence-electron chi connectivity index (χ0n) is 13.9. The second-order valence-corrected chi connectivity index (χ2v) is 6.69. The Labute approximate surface area is 162 Å². The Hall–Kier alpha value is -1.61. The van der Waals surface area contributed by atoms with Crippen molar-refractivity contribution in [2.45, 2.75) is 20.0 Å². The summed E-state index contributed by atoms with van der Waals surface area (Å²) in [5.74, 6) is 1.74. The highest BCUT2D eigenvalue weighted by atomic mass is 127. The van der Waals surface area contributed by atoms with E-state index in [1.807, 2.05) is 36.3 Å².